The van der Waals surface area contributed by atoms with Gasteiger partial charge in [-0.05, 0) is 31.0 Å². The van der Waals surface area contributed by atoms with Crippen LogP contribution in [0.4, 0.5) is 0 Å². The number of H-pyrrole nitrogens is 1. The number of hydrogen-bond acceptors (Lipinski definition) is 6. The van der Waals surface area contributed by atoms with Gasteiger partial charge in [-0.3, -0.25) is 9.59 Å². The number of halogens is 1. The van der Waals surface area contributed by atoms with Gasteiger partial charge in [0.05, 0.1) is 6.54 Å². The summed E-state index contributed by atoms with van der Waals surface area (Å²) in [7, 11) is 0. The topological polar surface area (TPSA) is 115 Å². The number of nitrogens with one attached hydrogen (secondary N) is 2. The van der Waals surface area contributed by atoms with Crippen molar-refractivity contribution < 1.29 is 9.53 Å². The maximum atomic E-state index is 12.3. The fourth-order valence-electron chi connectivity index (χ4n) is 2.49. The summed E-state index contributed by atoms with van der Waals surface area (Å²) >= 11 is 6.00. The minimum Gasteiger partial charge on any atom is -0.382 e. The molecule has 2 heterocycles. The lowest BCUT2D eigenvalue weighted by Gasteiger charge is -2.06. The van der Waals surface area contributed by atoms with E-state index >= 15 is 0 Å². The Morgan fingerprint density at radius 2 is 2.26 bits per heavy atom. The van der Waals surface area contributed by atoms with Crippen LogP contribution in [-0.4, -0.2) is 50.6 Å². The molecule has 142 valence electrons. The van der Waals surface area contributed by atoms with Gasteiger partial charge in [-0.15, -0.1) is 5.10 Å². The standard InChI is InChI=1S/C17H19ClN6O3/c1-2-27-8-4-7-19-17(26)14-20-15-13(16(25)21-14)22-23-24(15)10-11-5-3-6-12(18)9-11/h3,5-6,9H,2,4,7-8,10H2,1H3,(H,19,26)(H,20,21,25). The van der Waals surface area contributed by atoms with Gasteiger partial charge in [0, 0.05) is 24.8 Å². The number of aromatic nitrogens is 5. The Labute approximate surface area is 159 Å². The number of carbonyl (C=O) groups excluding carboxylic acids is 1. The van der Waals surface area contributed by atoms with Crippen LogP contribution < -0.4 is 10.9 Å². The minimum absolute atomic E-state index is 0.0740. The summed E-state index contributed by atoms with van der Waals surface area (Å²) in [6.07, 6.45) is 0.667. The lowest BCUT2D eigenvalue weighted by atomic mass is 10.2. The van der Waals surface area contributed by atoms with Crippen molar-refractivity contribution in [3.63, 3.8) is 0 Å². The number of nitrogens with zero attached hydrogens (tertiary/aromatic N) is 4. The molecule has 0 aliphatic carbocycles. The molecule has 0 fully saturated rings. The zero-order valence-corrected chi connectivity index (χ0v) is 15.5. The Morgan fingerprint density at radius 3 is 3.04 bits per heavy atom. The molecule has 0 aliphatic rings. The van der Waals surface area contributed by atoms with E-state index in [0.29, 0.717) is 37.7 Å². The van der Waals surface area contributed by atoms with Crippen molar-refractivity contribution in [2.75, 3.05) is 19.8 Å². The molecule has 0 atom stereocenters. The van der Waals surface area contributed by atoms with Gasteiger partial charge < -0.3 is 15.0 Å². The van der Waals surface area contributed by atoms with E-state index < -0.39 is 11.5 Å². The van der Waals surface area contributed by atoms with Crippen LogP contribution in [0.5, 0.6) is 0 Å². The summed E-state index contributed by atoms with van der Waals surface area (Å²) < 4.78 is 6.67. The molecule has 2 N–H and O–H groups in total. The minimum atomic E-state index is -0.517. The molecule has 0 saturated heterocycles. The molecule has 0 saturated carbocycles. The van der Waals surface area contributed by atoms with Gasteiger partial charge in [0.2, 0.25) is 5.82 Å². The maximum absolute atomic E-state index is 12.3. The van der Waals surface area contributed by atoms with Crippen molar-refractivity contribution in [3.05, 3.63) is 51.0 Å². The fourth-order valence-corrected chi connectivity index (χ4v) is 2.71. The van der Waals surface area contributed by atoms with Crippen molar-refractivity contribution in [3.8, 4) is 0 Å². The Bertz CT molecular complexity index is 1000. The highest BCUT2D eigenvalue weighted by molar-refractivity contribution is 6.30. The second kappa shape index (κ2) is 8.74. The molecule has 0 spiro atoms. The molecule has 0 unspecified atom stereocenters. The number of amides is 1. The largest absolute Gasteiger partial charge is 0.382 e. The number of aromatic amines is 1. The van der Waals surface area contributed by atoms with Crippen molar-refractivity contribution >= 4 is 28.7 Å². The molecular weight excluding hydrogens is 372 g/mol. The number of rotatable bonds is 8. The van der Waals surface area contributed by atoms with Gasteiger partial charge >= 0.3 is 0 Å². The number of carbonyl (C=O) groups is 1. The number of fused-ring (bicyclic) bond motifs is 1. The van der Waals surface area contributed by atoms with E-state index in [9.17, 15) is 9.59 Å². The second-order valence-corrected chi connectivity index (χ2v) is 6.21. The van der Waals surface area contributed by atoms with Crippen molar-refractivity contribution in [1.29, 1.82) is 0 Å². The molecule has 1 amide bonds. The highest BCUT2D eigenvalue weighted by atomic mass is 35.5. The van der Waals surface area contributed by atoms with E-state index in [1.54, 1.807) is 12.1 Å². The third kappa shape index (κ3) is 4.69. The zero-order valence-electron chi connectivity index (χ0n) is 14.7. The average molecular weight is 391 g/mol. The van der Waals surface area contributed by atoms with Gasteiger partial charge in [-0.1, -0.05) is 28.9 Å². The molecule has 9 nitrogen and oxygen atoms in total. The van der Waals surface area contributed by atoms with Crippen molar-refractivity contribution in [1.82, 2.24) is 30.3 Å². The summed E-state index contributed by atoms with van der Waals surface area (Å²) in [5.74, 6) is -0.556. The van der Waals surface area contributed by atoms with Crippen molar-refractivity contribution in [2.45, 2.75) is 19.9 Å². The summed E-state index contributed by atoms with van der Waals surface area (Å²) in [6.45, 7) is 3.83. The predicted octanol–water partition coefficient (Wildman–Crippen LogP) is 1.37. The summed E-state index contributed by atoms with van der Waals surface area (Å²) in [5, 5.41) is 11.1. The van der Waals surface area contributed by atoms with Crippen LogP contribution in [-0.2, 0) is 11.3 Å². The lowest BCUT2D eigenvalue weighted by Crippen LogP contribution is -2.29. The second-order valence-electron chi connectivity index (χ2n) is 5.77. The molecule has 2 aromatic heterocycles. The molecule has 0 aliphatic heterocycles. The third-order valence-electron chi connectivity index (χ3n) is 3.77. The quantitative estimate of drug-likeness (QED) is 0.561. The smallest absolute Gasteiger partial charge is 0.287 e. The number of benzene rings is 1. The fraction of sp³-hybridized carbons (Fsp3) is 0.353. The Kier molecular flexibility index (Phi) is 6.15. The normalized spacial score (nSPS) is 11.0. The Hall–Kier alpha value is -2.78. The molecule has 3 rings (SSSR count). The maximum Gasteiger partial charge on any atom is 0.287 e. The van der Waals surface area contributed by atoms with E-state index in [4.69, 9.17) is 16.3 Å². The van der Waals surface area contributed by atoms with Gasteiger partial charge in [0.15, 0.2) is 11.2 Å². The Morgan fingerprint density at radius 1 is 1.41 bits per heavy atom. The van der Waals surface area contributed by atoms with Gasteiger partial charge in [-0.2, -0.15) is 0 Å². The molecule has 0 bridgehead atoms. The molecular formula is C17H19ClN6O3. The van der Waals surface area contributed by atoms with Crippen LogP contribution in [0, 0.1) is 0 Å². The van der Waals surface area contributed by atoms with E-state index in [-0.39, 0.29) is 17.0 Å². The predicted molar refractivity (Wildman–Crippen MR) is 99.9 cm³/mol. The molecule has 1 aromatic carbocycles. The highest BCUT2D eigenvalue weighted by Crippen LogP contribution is 2.13. The van der Waals surface area contributed by atoms with Crippen LogP contribution in [0.15, 0.2) is 29.1 Å². The van der Waals surface area contributed by atoms with E-state index in [1.807, 2.05) is 19.1 Å². The van der Waals surface area contributed by atoms with Gasteiger partial charge in [-0.25, -0.2) is 9.67 Å². The number of ether oxygens (including phenoxy) is 1. The van der Waals surface area contributed by atoms with Crippen LogP contribution in [0.3, 0.4) is 0 Å². The molecule has 3 aromatic rings. The van der Waals surface area contributed by atoms with E-state index in [0.717, 1.165) is 5.56 Å². The van der Waals surface area contributed by atoms with Crippen molar-refractivity contribution in [2.24, 2.45) is 0 Å². The third-order valence-corrected chi connectivity index (χ3v) is 4.00. The Balaban J connectivity index is 1.80. The molecule has 10 heteroatoms. The molecule has 0 radical (unpaired) electrons. The van der Waals surface area contributed by atoms with Gasteiger partial charge in [0.1, 0.15) is 0 Å². The first-order valence-electron chi connectivity index (χ1n) is 8.52. The summed E-state index contributed by atoms with van der Waals surface area (Å²) in [6, 6.07) is 7.24. The van der Waals surface area contributed by atoms with Crippen LogP contribution in [0.25, 0.3) is 11.2 Å². The van der Waals surface area contributed by atoms with E-state index in [2.05, 4.69) is 25.6 Å². The first kappa shape index (κ1) is 19.0. The monoisotopic (exact) mass is 390 g/mol. The lowest BCUT2D eigenvalue weighted by molar-refractivity contribution is 0.0934. The highest BCUT2D eigenvalue weighted by Gasteiger charge is 2.16. The summed E-state index contributed by atoms with van der Waals surface area (Å²) in [4.78, 5) is 31.1. The zero-order chi connectivity index (χ0) is 19.2. The first-order chi connectivity index (χ1) is 13.1. The SMILES string of the molecule is CCOCCCNC(=O)c1nc2c(nnn2Cc2cccc(Cl)c2)c(=O)[nH]1. The van der Waals surface area contributed by atoms with Crippen LogP contribution >= 0.6 is 11.6 Å². The van der Waals surface area contributed by atoms with Gasteiger partial charge in [0.25, 0.3) is 11.5 Å². The van der Waals surface area contributed by atoms with Crippen LogP contribution in [0.1, 0.15) is 29.5 Å². The van der Waals surface area contributed by atoms with E-state index in [1.165, 1.54) is 4.68 Å². The first-order valence-corrected chi connectivity index (χ1v) is 8.90. The average Bonchev–Trinajstić information content (AvgIpc) is 3.05. The number of hydrogen-bond donors (Lipinski definition) is 2. The summed E-state index contributed by atoms with van der Waals surface area (Å²) in [5.41, 5.74) is 0.665. The van der Waals surface area contributed by atoms with Crippen LogP contribution in [0.2, 0.25) is 5.02 Å². The molecule has 27 heavy (non-hydrogen) atoms.